The summed E-state index contributed by atoms with van der Waals surface area (Å²) in [4.78, 5) is 26.9. The summed E-state index contributed by atoms with van der Waals surface area (Å²) in [6, 6.07) is 17.4. The topological polar surface area (TPSA) is 49.4 Å². The molecule has 136 valence electrons. The SMILES string of the molecule is CC1(C(=O)NCc2ccccc2)CCC(=O)N1CCc1ccc(Cl)cc1. The van der Waals surface area contributed by atoms with Crippen LogP contribution in [-0.2, 0) is 22.6 Å². The number of halogens is 1. The van der Waals surface area contributed by atoms with E-state index in [0.29, 0.717) is 37.4 Å². The van der Waals surface area contributed by atoms with Crippen LogP contribution in [0.25, 0.3) is 0 Å². The highest BCUT2D eigenvalue weighted by Gasteiger charge is 2.46. The molecule has 1 N–H and O–H groups in total. The molecular weight excluding hydrogens is 348 g/mol. The van der Waals surface area contributed by atoms with Gasteiger partial charge in [-0.25, -0.2) is 0 Å². The fourth-order valence-corrected chi connectivity index (χ4v) is 3.49. The van der Waals surface area contributed by atoms with E-state index in [1.807, 2.05) is 61.5 Å². The maximum Gasteiger partial charge on any atom is 0.245 e. The number of hydrogen-bond donors (Lipinski definition) is 1. The Labute approximate surface area is 159 Å². The molecule has 2 amide bonds. The molecule has 1 heterocycles. The Kier molecular flexibility index (Phi) is 5.62. The van der Waals surface area contributed by atoms with E-state index < -0.39 is 5.54 Å². The number of nitrogens with one attached hydrogen (secondary N) is 1. The van der Waals surface area contributed by atoms with Crippen molar-refractivity contribution in [3.05, 3.63) is 70.7 Å². The van der Waals surface area contributed by atoms with Crippen molar-refractivity contribution in [2.75, 3.05) is 6.54 Å². The fourth-order valence-electron chi connectivity index (χ4n) is 3.36. The fraction of sp³-hybridized carbons (Fsp3) is 0.333. The third-order valence-electron chi connectivity index (χ3n) is 5.04. The van der Waals surface area contributed by atoms with Crippen molar-refractivity contribution in [2.45, 2.75) is 38.3 Å². The van der Waals surface area contributed by atoms with E-state index in [4.69, 9.17) is 11.6 Å². The number of rotatable bonds is 6. The highest BCUT2D eigenvalue weighted by molar-refractivity contribution is 6.30. The summed E-state index contributed by atoms with van der Waals surface area (Å²) in [6.45, 7) is 2.85. The molecule has 0 spiro atoms. The van der Waals surface area contributed by atoms with Gasteiger partial charge in [-0.3, -0.25) is 9.59 Å². The first-order valence-corrected chi connectivity index (χ1v) is 9.24. The standard InChI is InChI=1S/C21H23ClN2O2/c1-21(20(26)23-15-17-5-3-2-4-6-17)13-11-19(25)24(21)14-12-16-7-9-18(22)10-8-16/h2-10H,11-15H2,1H3,(H,23,26). The summed E-state index contributed by atoms with van der Waals surface area (Å²) < 4.78 is 0. The molecule has 1 unspecified atom stereocenters. The Morgan fingerprint density at radius 2 is 1.81 bits per heavy atom. The van der Waals surface area contributed by atoms with E-state index in [1.54, 1.807) is 4.90 Å². The minimum atomic E-state index is -0.793. The summed E-state index contributed by atoms with van der Waals surface area (Å²) >= 11 is 5.92. The minimum absolute atomic E-state index is 0.0383. The van der Waals surface area contributed by atoms with Crippen LogP contribution in [0.4, 0.5) is 0 Å². The Bertz CT molecular complexity index is 776. The monoisotopic (exact) mass is 370 g/mol. The molecule has 1 atom stereocenters. The van der Waals surface area contributed by atoms with E-state index in [9.17, 15) is 9.59 Å². The van der Waals surface area contributed by atoms with Crippen molar-refractivity contribution in [1.82, 2.24) is 10.2 Å². The van der Waals surface area contributed by atoms with Crippen LogP contribution in [0.5, 0.6) is 0 Å². The van der Waals surface area contributed by atoms with E-state index in [-0.39, 0.29) is 11.8 Å². The zero-order valence-electron chi connectivity index (χ0n) is 14.9. The quantitative estimate of drug-likeness (QED) is 0.844. The van der Waals surface area contributed by atoms with Crippen molar-refractivity contribution >= 4 is 23.4 Å². The second-order valence-electron chi connectivity index (χ2n) is 6.86. The lowest BCUT2D eigenvalue weighted by atomic mass is 9.97. The van der Waals surface area contributed by atoms with Crippen LogP contribution in [0.3, 0.4) is 0 Å². The molecule has 1 saturated heterocycles. The van der Waals surface area contributed by atoms with Crippen LogP contribution in [0.2, 0.25) is 5.02 Å². The van der Waals surface area contributed by atoms with E-state index >= 15 is 0 Å². The van der Waals surface area contributed by atoms with Crippen molar-refractivity contribution in [3.8, 4) is 0 Å². The highest BCUT2D eigenvalue weighted by atomic mass is 35.5. The number of carbonyl (C=O) groups excluding carboxylic acids is 2. The number of hydrogen-bond acceptors (Lipinski definition) is 2. The maximum absolute atomic E-state index is 12.8. The summed E-state index contributed by atoms with van der Waals surface area (Å²) in [5.74, 6) is -0.0559. The van der Waals surface area contributed by atoms with Gasteiger partial charge in [0.15, 0.2) is 0 Å². The van der Waals surface area contributed by atoms with Crippen molar-refractivity contribution in [3.63, 3.8) is 0 Å². The zero-order chi connectivity index (χ0) is 18.6. The predicted molar refractivity (Wildman–Crippen MR) is 103 cm³/mol. The van der Waals surface area contributed by atoms with Crippen LogP contribution in [0.15, 0.2) is 54.6 Å². The van der Waals surface area contributed by atoms with Gasteiger partial charge in [0.2, 0.25) is 11.8 Å². The van der Waals surface area contributed by atoms with Gasteiger partial charge in [0, 0.05) is 24.5 Å². The molecule has 2 aromatic carbocycles. The molecule has 1 fully saturated rings. The van der Waals surface area contributed by atoms with Crippen molar-refractivity contribution in [1.29, 1.82) is 0 Å². The van der Waals surface area contributed by atoms with Gasteiger partial charge in [0.1, 0.15) is 5.54 Å². The minimum Gasteiger partial charge on any atom is -0.350 e. The predicted octanol–water partition coefficient (Wildman–Crippen LogP) is 3.58. The normalized spacial score (nSPS) is 19.6. The number of likely N-dealkylation sites (tertiary alicyclic amines) is 1. The molecule has 1 aliphatic heterocycles. The Morgan fingerprint density at radius 1 is 1.12 bits per heavy atom. The third kappa shape index (κ3) is 4.07. The summed E-state index contributed by atoms with van der Waals surface area (Å²) in [7, 11) is 0. The maximum atomic E-state index is 12.8. The lowest BCUT2D eigenvalue weighted by Gasteiger charge is -2.34. The first kappa shape index (κ1) is 18.5. The van der Waals surface area contributed by atoms with E-state index in [0.717, 1.165) is 11.1 Å². The smallest absolute Gasteiger partial charge is 0.245 e. The molecule has 26 heavy (non-hydrogen) atoms. The van der Waals surface area contributed by atoms with Crippen molar-refractivity contribution in [2.24, 2.45) is 0 Å². The van der Waals surface area contributed by atoms with Gasteiger partial charge in [-0.1, -0.05) is 54.1 Å². The second-order valence-corrected chi connectivity index (χ2v) is 7.30. The molecule has 2 aromatic rings. The average molecular weight is 371 g/mol. The van der Waals surface area contributed by atoms with Gasteiger partial charge in [-0.15, -0.1) is 0 Å². The van der Waals surface area contributed by atoms with Crippen LogP contribution in [-0.4, -0.2) is 28.8 Å². The first-order chi connectivity index (χ1) is 12.5. The number of amides is 2. The molecule has 1 aliphatic rings. The molecule has 3 rings (SSSR count). The number of carbonyl (C=O) groups is 2. The number of nitrogens with zero attached hydrogens (tertiary/aromatic N) is 1. The molecule has 4 nitrogen and oxygen atoms in total. The molecule has 0 aliphatic carbocycles. The van der Waals surface area contributed by atoms with Crippen LogP contribution < -0.4 is 5.32 Å². The molecule has 0 radical (unpaired) electrons. The zero-order valence-corrected chi connectivity index (χ0v) is 15.6. The third-order valence-corrected chi connectivity index (χ3v) is 5.30. The van der Waals surface area contributed by atoms with Gasteiger partial charge in [-0.05, 0) is 43.0 Å². The van der Waals surface area contributed by atoms with Gasteiger partial charge in [0.05, 0.1) is 0 Å². The molecule has 0 saturated carbocycles. The lowest BCUT2D eigenvalue weighted by molar-refractivity contribution is -0.140. The second kappa shape index (κ2) is 7.92. The Hall–Kier alpha value is -2.33. The highest BCUT2D eigenvalue weighted by Crippen LogP contribution is 2.30. The number of benzene rings is 2. The molecular formula is C21H23ClN2O2. The van der Waals surface area contributed by atoms with Gasteiger partial charge >= 0.3 is 0 Å². The molecule has 0 aromatic heterocycles. The molecule has 0 bridgehead atoms. The summed E-state index contributed by atoms with van der Waals surface area (Å²) in [5, 5.41) is 3.68. The van der Waals surface area contributed by atoms with Gasteiger partial charge in [-0.2, -0.15) is 0 Å². The summed E-state index contributed by atoms with van der Waals surface area (Å²) in [5.41, 5.74) is 1.35. The van der Waals surface area contributed by atoms with Crippen LogP contribution in [0, 0.1) is 0 Å². The van der Waals surface area contributed by atoms with Crippen LogP contribution in [0.1, 0.15) is 30.9 Å². The summed E-state index contributed by atoms with van der Waals surface area (Å²) in [6.07, 6.45) is 1.66. The van der Waals surface area contributed by atoms with Crippen LogP contribution >= 0.6 is 11.6 Å². The first-order valence-electron chi connectivity index (χ1n) is 8.86. The molecule has 5 heteroatoms. The van der Waals surface area contributed by atoms with E-state index in [2.05, 4.69) is 5.32 Å². The largest absolute Gasteiger partial charge is 0.350 e. The van der Waals surface area contributed by atoms with Gasteiger partial charge < -0.3 is 10.2 Å². The van der Waals surface area contributed by atoms with Gasteiger partial charge in [0.25, 0.3) is 0 Å². The lowest BCUT2D eigenvalue weighted by Crippen LogP contribution is -2.54. The average Bonchev–Trinajstić information content (AvgIpc) is 2.95. The van der Waals surface area contributed by atoms with E-state index in [1.165, 1.54) is 0 Å². The van der Waals surface area contributed by atoms with Crippen molar-refractivity contribution < 1.29 is 9.59 Å². The Morgan fingerprint density at radius 3 is 2.50 bits per heavy atom. The Balaban J connectivity index is 1.64.